The van der Waals surface area contributed by atoms with Gasteiger partial charge in [-0.3, -0.25) is 19.4 Å². The highest BCUT2D eigenvalue weighted by Gasteiger charge is 2.36. The molecule has 0 bridgehead atoms. The van der Waals surface area contributed by atoms with Gasteiger partial charge in [-0.05, 0) is 29.8 Å². The zero-order chi connectivity index (χ0) is 22.4. The highest BCUT2D eigenvalue weighted by atomic mass is 16.4. The lowest BCUT2D eigenvalue weighted by Gasteiger charge is -2.20. The Labute approximate surface area is 178 Å². The van der Waals surface area contributed by atoms with Gasteiger partial charge in [0.15, 0.2) is 0 Å². The average molecular weight is 425 g/mol. The van der Waals surface area contributed by atoms with Crippen molar-refractivity contribution in [2.75, 3.05) is 23.8 Å². The van der Waals surface area contributed by atoms with E-state index in [-0.39, 0.29) is 31.3 Å². The molecule has 162 valence electrons. The molecule has 0 saturated carbocycles. The summed E-state index contributed by atoms with van der Waals surface area (Å²) in [7, 11) is 1.50. The van der Waals surface area contributed by atoms with Crippen molar-refractivity contribution in [3.05, 3.63) is 54.4 Å². The fourth-order valence-electron chi connectivity index (χ4n) is 3.38. The fraction of sp³-hybridized carbons (Fsp3) is 0.286. The quantitative estimate of drug-likeness (QED) is 0.530. The molecule has 2 aromatic rings. The number of carbonyl (C=O) groups excluding carboxylic acids is 3. The van der Waals surface area contributed by atoms with Gasteiger partial charge in [0.25, 0.3) is 0 Å². The van der Waals surface area contributed by atoms with E-state index in [0.717, 1.165) is 0 Å². The van der Waals surface area contributed by atoms with Gasteiger partial charge in [-0.15, -0.1) is 0 Å². The molecule has 3 rings (SSSR count). The summed E-state index contributed by atoms with van der Waals surface area (Å²) in [6.07, 6.45) is 2.77. The Balaban J connectivity index is 1.70. The third-order valence-electron chi connectivity index (χ3n) is 4.92. The minimum Gasteiger partial charge on any atom is -0.481 e. The molecule has 10 nitrogen and oxygen atoms in total. The molecule has 1 fully saturated rings. The lowest BCUT2D eigenvalue weighted by atomic mass is 10.0. The van der Waals surface area contributed by atoms with Crippen LogP contribution in [-0.2, 0) is 14.4 Å². The van der Waals surface area contributed by atoms with Gasteiger partial charge >= 0.3 is 12.0 Å². The van der Waals surface area contributed by atoms with Crippen molar-refractivity contribution in [3.63, 3.8) is 0 Å². The van der Waals surface area contributed by atoms with Crippen LogP contribution in [-0.4, -0.2) is 47.5 Å². The monoisotopic (exact) mass is 425 g/mol. The Hall–Kier alpha value is -3.95. The number of nitrogens with one attached hydrogen (secondary N) is 3. The van der Waals surface area contributed by atoms with E-state index in [2.05, 4.69) is 20.9 Å². The van der Waals surface area contributed by atoms with Gasteiger partial charge in [-0.2, -0.15) is 0 Å². The summed E-state index contributed by atoms with van der Waals surface area (Å²) in [5.74, 6) is -2.31. The molecule has 0 spiro atoms. The minimum absolute atomic E-state index is 0.00572. The first-order valence-electron chi connectivity index (χ1n) is 9.68. The van der Waals surface area contributed by atoms with Crippen molar-refractivity contribution >= 4 is 35.2 Å². The van der Waals surface area contributed by atoms with E-state index < -0.39 is 23.8 Å². The maximum absolute atomic E-state index is 12.8. The van der Waals surface area contributed by atoms with E-state index in [1.807, 2.05) is 0 Å². The van der Waals surface area contributed by atoms with Gasteiger partial charge in [0, 0.05) is 43.8 Å². The molecule has 10 heteroatoms. The minimum atomic E-state index is -1.06. The second-order valence-electron chi connectivity index (χ2n) is 7.11. The molecule has 2 heterocycles. The SMILES string of the molecule is CNC(=O)Nc1cccc(N2CC(C(=O)NC(CC(=O)O)c3cccnc3)CC2=O)c1. The summed E-state index contributed by atoms with van der Waals surface area (Å²) < 4.78 is 0. The number of carbonyl (C=O) groups is 4. The molecule has 0 aliphatic carbocycles. The number of anilines is 2. The number of nitrogens with zero attached hydrogens (tertiary/aromatic N) is 2. The highest BCUT2D eigenvalue weighted by Crippen LogP contribution is 2.28. The highest BCUT2D eigenvalue weighted by molar-refractivity contribution is 6.01. The van der Waals surface area contributed by atoms with Gasteiger partial charge in [0.2, 0.25) is 11.8 Å². The largest absolute Gasteiger partial charge is 0.481 e. The number of hydrogen-bond acceptors (Lipinski definition) is 5. The zero-order valence-electron chi connectivity index (χ0n) is 16.9. The summed E-state index contributed by atoms with van der Waals surface area (Å²) in [6, 6.07) is 8.98. The van der Waals surface area contributed by atoms with E-state index in [1.165, 1.54) is 18.1 Å². The van der Waals surface area contributed by atoms with Crippen LogP contribution in [0.5, 0.6) is 0 Å². The van der Waals surface area contributed by atoms with E-state index in [9.17, 15) is 24.3 Å². The first kappa shape index (κ1) is 21.8. The van der Waals surface area contributed by atoms with Crippen LogP contribution in [0.3, 0.4) is 0 Å². The van der Waals surface area contributed by atoms with E-state index in [0.29, 0.717) is 16.9 Å². The van der Waals surface area contributed by atoms with Crippen molar-refractivity contribution in [2.45, 2.75) is 18.9 Å². The Morgan fingerprint density at radius 2 is 2.06 bits per heavy atom. The van der Waals surface area contributed by atoms with E-state index in [4.69, 9.17) is 0 Å². The Kier molecular flexibility index (Phi) is 6.81. The van der Waals surface area contributed by atoms with Crippen LogP contribution in [0, 0.1) is 5.92 Å². The maximum atomic E-state index is 12.8. The Morgan fingerprint density at radius 3 is 2.74 bits per heavy atom. The van der Waals surface area contributed by atoms with Gasteiger partial charge in [0.05, 0.1) is 18.4 Å². The number of aliphatic carboxylic acids is 1. The van der Waals surface area contributed by atoms with Crippen LogP contribution < -0.4 is 20.9 Å². The second kappa shape index (κ2) is 9.70. The number of rotatable bonds is 7. The number of pyridine rings is 1. The van der Waals surface area contributed by atoms with Gasteiger partial charge in [0.1, 0.15) is 0 Å². The molecular formula is C21H23N5O5. The van der Waals surface area contributed by atoms with Crippen LogP contribution in [0.15, 0.2) is 48.8 Å². The maximum Gasteiger partial charge on any atom is 0.318 e. The Bertz CT molecular complexity index is 981. The zero-order valence-corrected chi connectivity index (χ0v) is 16.9. The summed E-state index contributed by atoms with van der Waals surface area (Å²) in [5.41, 5.74) is 1.65. The molecular weight excluding hydrogens is 402 g/mol. The molecule has 1 aliphatic heterocycles. The van der Waals surface area contributed by atoms with E-state index in [1.54, 1.807) is 42.6 Å². The molecule has 4 amide bonds. The lowest BCUT2D eigenvalue weighted by molar-refractivity contribution is -0.138. The first-order chi connectivity index (χ1) is 14.9. The number of benzene rings is 1. The molecule has 2 unspecified atom stereocenters. The number of amides is 4. The molecule has 4 N–H and O–H groups in total. The molecule has 2 atom stereocenters. The first-order valence-corrected chi connectivity index (χ1v) is 9.68. The average Bonchev–Trinajstić information content (AvgIpc) is 3.15. The van der Waals surface area contributed by atoms with Crippen molar-refractivity contribution in [1.29, 1.82) is 0 Å². The van der Waals surface area contributed by atoms with Gasteiger partial charge in [-0.25, -0.2) is 4.79 Å². The number of carboxylic acid groups (broad SMARTS) is 1. The number of hydrogen-bond donors (Lipinski definition) is 4. The van der Waals surface area contributed by atoms with E-state index >= 15 is 0 Å². The third-order valence-corrected chi connectivity index (χ3v) is 4.92. The smallest absolute Gasteiger partial charge is 0.318 e. The molecule has 0 radical (unpaired) electrons. The predicted molar refractivity (Wildman–Crippen MR) is 112 cm³/mol. The summed E-state index contributed by atoms with van der Waals surface area (Å²) in [5, 5.41) is 17.0. The van der Waals surface area contributed by atoms with Crippen LogP contribution >= 0.6 is 0 Å². The standard InChI is InChI=1S/C21H23N5O5/c1-22-21(31)24-15-5-2-6-16(9-15)26-12-14(8-18(26)27)20(30)25-17(10-19(28)29)13-4-3-7-23-11-13/h2-7,9,11,14,17H,8,10,12H2,1H3,(H,25,30)(H,28,29)(H2,22,24,31). The van der Waals surface area contributed by atoms with Crippen molar-refractivity contribution < 1.29 is 24.3 Å². The number of urea groups is 1. The summed E-state index contributed by atoms with van der Waals surface area (Å²) >= 11 is 0. The van der Waals surface area contributed by atoms with Crippen LogP contribution in [0.1, 0.15) is 24.4 Å². The Morgan fingerprint density at radius 1 is 1.26 bits per heavy atom. The molecule has 1 aromatic heterocycles. The van der Waals surface area contributed by atoms with Crippen molar-refractivity contribution in [1.82, 2.24) is 15.6 Å². The fourth-order valence-corrected chi connectivity index (χ4v) is 3.38. The summed E-state index contributed by atoms with van der Waals surface area (Å²) in [4.78, 5) is 53.6. The second-order valence-corrected chi connectivity index (χ2v) is 7.11. The van der Waals surface area contributed by atoms with Crippen molar-refractivity contribution in [3.8, 4) is 0 Å². The normalized spacial score (nSPS) is 16.5. The molecule has 1 aliphatic rings. The lowest BCUT2D eigenvalue weighted by Crippen LogP contribution is -2.36. The van der Waals surface area contributed by atoms with Gasteiger partial charge in [-0.1, -0.05) is 12.1 Å². The molecule has 31 heavy (non-hydrogen) atoms. The van der Waals surface area contributed by atoms with Gasteiger partial charge < -0.3 is 26.0 Å². The van der Waals surface area contributed by atoms with Crippen LogP contribution in [0.4, 0.5) is 16.2 Å². The third kappa shape index (κ3) is 5.56. The van der Waals surface area contributed by atoms with Crippen LogP contribution in [0.2, 0.25) is 0 Å². The topological polar surface area (TPSA) is 141 Å². The predicted octanol–water partition coefficient (Wildman–Crippen LogP) is 1.52. The summed E-state index contributed by atoms with van der Waals surface area (Å²) in [6.45, 7) is 0.154. The molecule has 1 aromatic carbocycles. The molecule has 1 saturated heterocycles. The number of carboxylic acids is 1. The van der Waals surface area contributed by atoms with Crippen LogP contribution in [0.25, 0.3) is 0 Å². The number of aromatic nitrogens is 1. The van der Waals surface area contributed by atoms with Crippen molar-refractivity contribution in [2.24, 2.45) is 5.92 Å².